The second kappa shape index (κ2) is 9.02. The average Bonchev–Trinajstić information content (AvgIpc) is 3.09. The number of anilines is 1. The summed E-state index contributed by atoms with van der Waals surface area (Å²) in [6.07, 6.45) is 0. The third kappa shape index (κ3) is 4.37. The van der Waals surface area contributed by atoms with Crippen LogP contribution in [-0.4, -0.2) is 18.0 Å². The van der Waals surface area contributed by atoms with Crippen molar-refractivity contribution in [3.63, 3.8) is 0 Å². The number of carbonyl (C=O) groups is 1. The summed E-state index contributed by atoms with van der Waals surface area (Å²) in [7, 11) is 1.63. The van der Waals surface area contributed by atoms with E-state index in [2.05, 4.69) is 45.0 Å². The molecular formula is C21H16BrIN2O2S. The molecule has 4 rings (SSSR count). The van der Waals surface area contributed by atoms with Crippen LogP contribution in [0.4, 0.5) is 5.13 Å². The summed E-state index contributed by atoms with van der Waals surface area (Å²) < 4.78 is 7.35. The van der Waals surface area contributed by atoms with Gasteiger partial charge in [0.15, 0.2) is 5.13 Å². The molecule has 7 heteroatoms. The molecule has 4 nitrogen and oxygen atoms in total. The maximum absolute atomic E-state index is 12.7. The molecule has 0 bridgehead atoms. The Balaban J connectivity index is 0.00000225. The van der Waals surface area contributed by atoms with Crippen molar-refractivity contribution in [3.05, 3.63) is 75.9 Å². The Kier molecular flexibility index (Phi) is 6.69. The first-order valence-electron chi connectivity index (χ1n) is 8.25. The number of thiazole rings is 1. The molecular weight excluding hydrogens is 551 g/mol. The molecule has 4 aromatic rings. The topological polar surface area (TPSA) is 51.2 Å². The SMILES string of the molecule is Br.COc1ccc2nc(NC(=O)c3cccc(-c4ccccc4I)c3)sc2c1. The Labute approximate surface area is 190 Å². The highest BCUT2D eigenvalue weighted by Gasteiger charge is 2.12. The molecule has 0 aliphatic heterocycles. The molecule has 0 aliphatic carbocycles. The van der Waals surface area contributed by atoms with Crippen LogP contribution in [0, 0.1) is 3.57 Å². The molecule has 0 fully saturated rings. The fourth-order valence-electron chi connectivity index (χ4n) is 2.78. The fourth-order valence-corrected chi connectivity index (χ4v) is 4.37. The third-order valence-electron chi connectivity index (χ3n) is 4.13. The Hall–Kier alpha value is -1.97. The Morgan fingerprint density at radius 2 is 1.89 bits per heavy atom. The van der Waals surface area contributed by atoms with Gasteiger partial charge >= 0.3 is 0 Å². The number of carbonyl (C=O) groups excluding carboxylic acids is 1. The van der Waals surface area contributed by atoms with Crippen molar-refractivity contribution in [1.82, 2.24) is 4.98 Å². The number of fused-ring (bicyclic) bond motifs is 1. The lowest BCUT2D eigenvalue weighted by atomic mass is 10.0. The highest BCUT2D eigenvalue weighted by Crippen LogP contribution is 2.30. The van der Waals surface area contributed by atoms with Gasteiger partial charge in [0.25, 0.3) is 5.91 Å². The van der Waals surface area contributed by atoms with E-state index < -0.39 is 0 Å². The standard InChI is InChI=1S/C21H15IN2O2S.BrH/c1-26-15-9-10-18-19(12-15)27-21(23-18)24-20(25)14-6-4-5-13(11-14)16-7-2-3-8-17(16)22;/h2-12H,1H3,(H,23,24,25);1H. The summed E-state index contributed by atoms with van der Waals surface area (Å²) in [4.78, 5) is 17.2. The minimum Gasteiger partial charge on any atom is -0.497 e. The lowest BCUT2D eigenvalue weighted by molar-refractivity contribution is 0.102. The van der Waals surface area contributed by atoms with Crippen LogP contribution < -0.4 is 10.1 Å². The summed E-state index contributed by atoms with van der Waals surface area (Å²) in [6.45, 7) is 0. The molecule has 0 atom stereocenters. The van der Waals surface area contributed by atoms with Crippen LogP contribution in [0.1, 0.15) is 10.4 Å². The summed E-state index contributed by atoms with van der Waals surface area (Å²) in [5.74, 6) is 0.600. The second-order valence-electron chi connectivity index (χ2n) is 5.87. The molecule has 142 valence electrons. The number of amides is 1. The summed E-state index contributed by atoms with van der Waals surface area (Å²) in [6, 6.07) is 21.4. The zero-order valence-electron chi connectivity index (χ0n) is 14.8. The van der Waals surface area contributed by atoms with E-state index in [0.29, 0.717) is 10.7 Å². The number of aromatic nitrogens is 1. The van der Waals surface area contributed by atoms with Crippen LogP contribution in [0.5, 0.6) is 5.75 Å². The number of hydrogen-bond acceptors (Lipinski definition) is 4. The zero-order valence-corrected chi connectivity index (χ0v) is 19.5. The van der Waals surface area contributed by atoms with Crippen molar-refractivity contribution in [2.75, 3.05) is 12.4 Å². The van der Waals surface area contributed by atoms with Crippen LogP contribution in [0.25, 0.3) is 21.3 Å². The number of hydrogen-bond donors (Lipinski definition) is 1. The van der Waals surface area contributed by atoms with E-state index in [9.17, 15) is 4.79 Å². The van der Waals surface area contributed by atoms with E-state index in [1.54, 1.807) is 7.11 Å². The molecule has 0 spiro atoms. The van der Waals surface area contributed by atoms with Gasteiger partial charge in [-0.3, -0.25) is 10.1 Å². The monoisotopic (exact) mass is 566 g/mol. The predicted octanol–water partition coefficient (Wildman–Crippen LogP) is 6.41. The summed E-state index contributed by atoms with van der Waals surface area (Å²) in [5.41, 5.74) is 3.56. The molecule has 1 aromatic heterocycles. The number of ether oxygens (including phenoxy) is 1. The van der Waals surface area contributed by atoms with E-state index in [0.717, 1.165) is 30.7 Å². The maximum atomic E-state index is 12.7. The van der Waals surface area contributed by atoms with Gasteiger partial charge in [-0.1, -0.05) is 41.7 Å². The van der Waals surface area contributed by atoms with E-state index in [-0.39, 0.29) is 22.9 Å². The first-order chi connectivity index (χ1) is 13.1. The normalized spacial score (nSPS) is 10.4. The second-order valence-corrected chi connectivity index (χ2v) is 8.06. The van der Waals surface area contributed by atoms with E-state index in [1.807, 2.05) is 54.6 Å². The van der Waals surface area contributed by atoms with E-state index in [1.165, 1.54) is 11.3 Å². The Bertz CT molecular complexity index is 1150. The van der Waals surface area contributed by atoms with Gasteiger partial charge in [0.05, 0.1) is 17.3 Å². The average molecular weight is 567 g/mol. The Morgan fingerprint density at radius 1 is 1.07 bits per heavy atom. The predicted molar refractivity (Wildman–Crippen MR) is 129 cm³/mol. The van der Waals surface area contributed by atoms with Crippen LogP contribution in [0.15, 0.2) is 66.7 Å². The van der Waals surface area contributed by atoms with Crippen LogP contribution in [0.3, 0.4) is 0 Å². The fraction of sp³-hybridized carbons (Fsp3) is 0.0476. The van der Waals surface area contributed by atoms with Crippen molar-refractivity contribution in [3.8, 4) is 16.9 Å². The van der Waals surface area contributed by atoms with Crippen molar-refractivity contribution >= 4 is 72.2 Å². The molecule has 1 N–H and O–H groups in total. The summed E-state index contributed by atoms with van der Waals surface area (Å²) >= 11 is 3.73. The number of benzene rings is 3. The summed E-state index contributed by atoms with van der Waals surface area (Å²) in [5, 5.41) is 3.48. The quantitative estimate of drug-likeness (QED) is 0.291. The minimum atomic E-state index is -0.172. The van der Waals surface area contributed by atoms with Gasteiger partial charge in [0.2, 0.25) is 0 Å². The number of methoxy groups -OCH3 is 1. The molecule has 1 heterocycles. The molecule has 0 unspecified atom stereocenters. The largest absolute Gasteiger partial charge is 0.497 e. The number of nitrogens with one attached hydrogen (secondary N) is 1. The van der Waals surface area contributed by atoms with Crippen molar-refractivity contribution in [1.29, 1.82) is 0 Å². The van der Waals surface area contributed by atoms with Crippen LogP contribution >= 0.6 is 50.9 Å². The highest BCUT2D eigenvalue weighted by molar-refractivity contribution is 14.1. The lowest BCUT2D eigenvalue weighted by Crippen LogP contribution is -2.11. The van der Waals surface area contributed by atoms with Gasteiger partial charge in [-0.2, -0.15) is 0 Å². The van der Waals surface area contributed by atoms with Gasteiger partial charge in [-0.15, -0.1) is 17.0 Å². The van der Waals surface area contributed by atoms with Crippen LogP contribution in [0.2, 0.25) is 0 Å². The molecule has 0 saturated carbocycles. The number of nitrogens with zero attached hydrogens (tertiary/aromatic N) is 1. The maximum Gasteiger partial charge on any atom is 0.257 e. The first-order valence-corrected chi connectivity index (χ1v) is 10.1. The molecule has 0 saturated heterocycles. The zero-order chi connectivity index (χ0) is 18.8. The van der Waals surface area contributed by atoms with Gasteiger partial charge < -0.3 is 4.74 Å². The van der Waals surface area contributed by atoms with Gasteiger partial charge in [0.1, 0.15) is 5.75 Å². The van der Waals surface area contributed by atoms with E-state index >= 15 is 0 Å². The Morgan fingerprint density at radius 3 is 2.68 bits per heavy atom. The number of rotatable bonds is 4. The molecule has 1 amide bonds. The molecule has 28 heavy (non-hydrogen) atoms. The molecule has 0 radical (unpaired) electrons. The highest BCUT2D eigenvalue weighted by atomic mass is 127. The molecule has 0 aliphatic rings. The molecule has 3 aromatic carbocycles. The van der Waals surface area contributed by atoms with Crippen molar-refractivity contribution in [2.45, 2.75) is 0 Å². The van der Waals surface area contributed by atoms with Crippen LogP contribution in [-0.2, 0) is 0 Å². The van der Waals surface area contributed by atoms with E-state index in [4.69, 9.17) is 4.74 Å². The lowest BCUT2D eigenvalue weighted by Gasteiger charge is -2.07. The van der Waals surface area contributed by atoms with Gasteiger partial charge in [-0.05, 0) is 70.1 Å². The van der Waals surface area contributed by atoms with Gasteiger partial charge in [0, 0.05) is 9.13 Å². The van der Waals surface area contributed by atoms with Crippen molar-refractivity contribution < 1.29 is 9.53 Å². The van der Waals surface area contributed by atoms with Gasteiger partial charge in [-0.25, -0.2) is 4.98 Å². The van der Waals surface area contributed by atoms with Crippen molar-refractivity contribution in [2.24, 2.45) is 0 Å². The number of halogens is 2. The first kappa shape index (κ1) is 20.8. The smallest absolute Gasteiger partial charge is 0.257 e. The minimum absolute atomic E-state index is 0. The third-order valence-corrected chi connectivity index (χ3v) is 6.00.